The van der Waals surface area contributed by atoms with Gasteiger partial charge in [0.1, 0.15) is 0 Å². The molecule has 16 heavy (non-hydrogen) atoms. The van der Waals surface area contributed by atoms with Gasteiger partial charge < -0.3 is 14.5 Å². The highest BCUT2D eigenvalue weighted by atomic mass is 31.2. The van der Waals surface area contributed by atoms with Crippen LogP contribution in [0.3, 0.4) is 0 Å². The number of esters is 1. The number of alkyl halides is 2. The van der Waals surface area contributed by atoms with E-state index >= 15 is 0 Å². The maximum absolute atomic E-state index is 12.3. The van der Waals surface area contributed by atoms with Gasteiger partial charge >= 0.3 is 13.6 Å². The number of halogens is 2. The Kier molecular flexibility index (Phi) is 5.52. The van der Waals surface area contributed by atoms with Gasteiger partial charge in [0.05, 0.1) is 6.61 Å². The molecule has 0 aromatic rings. The Morgan fingerprint density at radius 3 is 2.19 bits per heavy atom. The zero-order valence-corrected chi connectivity index (χ0v) is 9.92. The van der Waals surface area contributed by atoms with Crippen LogP contribution in [0.2, 0.25) is 0 Å². The van der Waals surface area contributed by atoms with E-state index in [1.54, 1.807) is 0 Å². The average molecular weight is 260 g/mol. The van der Waals surface area contributed by atoms with Crippen LogP contribution in [-0.2, 0) is 14.1 Å². The van der Waals surface area contributed by atoms with E-state index in [0.717, 1.165) is 0 Å². The summed E-state index contributed by atoms with van der Waals surface area (Å²) in [5, 5.41) is -2.43. The minimum absolute atomic E-state index is 0.121. The molecule has 2 N–H and O–H groups in total. The average Bonchev–Trinajstić information content (AvgIpc) is 2.12. The summed E-state index contributed by atoms with van der Waals surface area (Å²) in [6, 6.07) is 0. The molecular formula is C8H15F2O5P. The first kappa shape index (κ1) is 15.5. The van der Waals surface area contributed by atoms with Crippen molar-refractivity contribution in [3.63, 3.8) is 0 Å². The first-order chi connectivity index (χ1) is 7.21. The van der Waals surface area contributed by atoms with E-state index in [2.05, 4.69) is 4.74 Å². The summed E-state index contributed by atoms with van der Waals surface area (Å²) < 4.78 is 40.3. The van der Waals surface area contributed by atoms with Gasteiger partial charge in [-0.1, -0.05) is 6.92 Å². The summed E-state index contributed by atoms with van der Waals surface area (Å²) >= 11 is 0. The number of hydrogen-bond acceptors (Lipinski definition) is 3. The Bertz CT molecular complexity index is 290. The highest BCUT2D eigenvalue weighted by molar-refractivity contribution is 7.54. The number of rotatable bonds is 6. The minimum atomic E-state index is -5.00. The molecule has 0 radical (unpaired) electrons. The van der Waals surface area contributed by atoms with Crippen molar-refractivity contribution in [2.24, 2.45) is 0 Å². The third-order valence-electron chi connectivity index (χ3n) is 2.29. The summed E-state index contributed by atoms with van der Waals surface area (Å²) in [5.41, 5.74) is 0. The second-order valence-corrected chi connectivity index (χ2v) is 5.19. The molecule has 0 spiro atoms. The lowest BCUT2D eigenvalue weighted by molar-refractivity contribution is -0.148. The highest BCUT2D eigenvalue weighted by Gasteiger charge is 2.54. The van der Waals surface area contributed by atoms with Gasteiger partial charge in [0.2, 0.25) is 6.43 Å². The first-order valence-corrected chi connectivity index (χ1v) is 6.33. The highest BCUT2D eigenvalue weighted by Crippen LogP contribution is 2.56. The van der Waals surface area contributed by atoms with Crippen LogP contribution in [0.15, 0.2) is 0 Å². The van der Waals surface area contributed by atoms with E-state index in [1.165, 1.54) is 13.8 Å². The Balaban J connectivity index is 5.29. The van der Waals surface area contributed by atoms with Gasteiger partial charge in [-0.15, -0.1) is 0 Å². The molecule has 0 saturated heterocycles. The molecule has 0 aromatic heterocycles. The van der Waals surface area contributed by atoms with E-state index in [9.17, 15) is 18.1 Å². The fourth-order valence-corrected chi connectivity index (χ4v) is 2.43. The molecule has 96 valence electrons. The molecule has 0 rings (SSSR count). The van der Waals surface area contributed by atoms with Crippen molar-refractivity contribution in [1.29, 1.82) is 0 Å². The third kappa shape index (κ3) is 3.23. The Morgan fingerprint density at radius 1 is 1.44 bits per heavy atom. The normalized spacial score (nSPS) is 15.9. The van der Waals surface area contributed by atoms with Crippen molar-refractivity contribution >= 4 is 13.6 Å². The van der Waals surface area contributed by atoms with Crippen molar-refractivity contribution in [2.75, 3.05) is 6.61 Å². The molecule has 8 heteroatoms. The topological polar surface area (TPSA) is 83.8 Å². The van der Waals surface area contributed by atoms with Crippen LogP contribution in [0.5, 0.6) is 0 Å². The molecule has 0 heterocycles. The van der Waals surface area contributed by atoms with Crippen LogP contribution in [-0.4, -0.2) is 33.9 Å². The van der Waals surface area contributed by atoms with Crippen molar-refractivity contribution in [3.05, 3.63) is 0 Å². The molecule has 0 amide bonds. The molecular weight excluding hydrogens is 245 g/mol. The van der Waals surface area contributed by atoms with Crippen LogP contribution in [0.1, 0.15) is 26.7 Å². The quantitative estimate of drug-likeness (QED) is 0.559. The molecule has 1 atom stereocenters. The smallest absolute Gasteiger partial charge is 0.343 e. The summed E-state index contributed by atoms with van der Waals surface area (Å²) in [6.07, 6.45) is -4.59. The predicted octanol–water partition coefficient (Wildman–Crippen LogP) is 1.53. The van der Waals surface area contributed by atoms with Gasteiger partial charge in [0.15, 0.2) is 5.16 Å². The van der Waals surface area contributed by atoms with E-state index in [-0.39, 0.29) is 6.61 Å². The zero-order valence-electron chi connectivity index (χ0n) is 9.02. The monoisotopic (exact) mass is 260 g/mol. The van der Waals surface area contributed by atoms with Crippen molar-refractivity contribution in [2.45, 2.75) is 38.3 Å². The van der Waals surface area contributed by atoms with Crippen molar-refractivity contribution in [1.82, 2.24) is 0 Å². The molecule has 0 aliphatic rings. The van der Waals surface area contributed by atoms with E-state index in [4.69, 9.17) is 9.79 Å². The molecule has 0 aliphatic heterocycles. The van der Waals surface area contributed by atoms with Crippen LogP contribution in [0, 0.1) is 0 Å². The molecule has 0 aromatic carbocycles. The lowest BCUT2D eigenvalue weighted by atomic mass is 10.0. The van der Waals surface area contributed by atoms with Gasteiger partial charge in [-0.05, 0) is 13.3 Å². The van der Waals surface area contributed by atoms with Gasteiger partial charge in [0, 0.05) is 6.42 Å². The number of hydrogen-bond donors (Lipinski definition) is 2. The first-order valence-electron chi connectivity index (χ1n) is 4.72. The molecule has 0 aliphatic carbocycles. The van der Waals surface area contributed by atoms with E-state index in [0.29, 0.717) is 0 Å². The molecule has 5 nitrogen and oxygen atoms in total. The largest absolute Gasteiger partial charge is 0.465 e. The van der Waals surface area contributed by atoms with Crippen LogP contribution in [0.25, 0.3) is 0 Å². The minimum Gasteiger partial charge on any atom is -0.465 e. The maximum atomic E-state index is 12.3. The Labute approximate surface area is 92.0 Å². The fourth-order valence-electron chi connectivity index (χ4n) is 1.34. The third-order valence-corrected chi connectivity index (χ3v) is 4.09. The van der Waals surface area contributed by atoms with Crippen molar-refractivity contribution in [3.8, 4) is 0 Å². The summed E-state index contributed by atoms with van der Waals surface area (Å²) in [4.78, 5) is 29.5. The van der Waals surface area contributed by atoms with Gasteiger partial charge in [-0.25, -0.2) is 8.78 Å². The fraction of sp³-hybridized carbons (Fsp3) is 0.875. The summed E-state index contributed by atoms with van der Waals surface area (Å²) in [6.45, 7) is 2.57. The Morgan fingerprint density at radius 2 is 1.94 bits per heavy atom. The van der Waals surface area contributed by atoms with Gasteiger partial charge in [-0.3, -0.25) is 9.36 Å². The van der Waals surface area contributed by atoms with Crippen LogP contribution >= 0.6 is 7.60 Å². The summed E-state index contributed by atoms with van der Waals surface area (Å²) in [7, 11) is -5.00. The second kappa shape index (κ2) is 5.70. The number of ether oxygens (including phenoxy) is 1. The van der Waals surface area contributed by atoms with Crippen molar-refractivity contribution < 1.29 is 32.7 Å². The lowest BCUT2D eigenvalue weighted by Gasteiger charge is -2.30. The predicted molar refractivity (Wildman–Crippen MR) is 52.3 cm³/mol. The lowest BCUT2D eigenvalue weighted by Crippen LogP contribution is -2.41. The standard InChI is InChI=1S/C8H15F2O5P/c1-3-8(5-6(9)10,16(12,13)14)7(11)15-4-2/h6H,3-5H2,1-2H3,(H2,12,13,14). The van der Waals surface area contributed by atoms with Gasteiger partial charge in [0.25, 0.3) is 0 Å². The second-order valence-electron chi connectivity index (χ2n) is 3.24. The Hall–Kier alpha value is -0.520. The molecule has 1 unspecified atom stereocenters. The molecule has 0 fully saturated rings. The van der Waals surface area contributed by atoms with E-state index < -0.39 is 38.0 Å². The zero-order chi connectivity index (χ0) is 13.0. The van der Waals surface area contributed by atoms with Gasteiger partial charge in [-0.2, -0.15) is 0 Å². The van der Waals surface area contributed by atoms with Crippen LogP contribution in [0.4, 0.5) is 8.78 Å². The number of carbonyl (C=O) groups is 1. The van der Waals surface area contributed by atoms with Crippen LogP contribution < -0.4 is 0 Å². The number of carbonyl (C=O) groups excluding carboxylic acids is 1. The van der Waals surface area contributed by atoms with E-state index in [1.807, 2.05) is 0 Å². The summed E-state index contributed by atoms with van der Waals surface area (Å²) in [5.74, 6) is -1.27. The molecule has 0 saturated carbocycles. The molecule has 0 bridgehead atoms. The SMILES string of the molecule is CCOC(=O)C(CC)(CC(F)F)P(=O)(O)O. The maximum Gasteiger partial charge on any atom is 0.343 e.